The van der Waals surface area contributed by atoms with Gasteiger partial charge in [0.25, 0.3) is 0 Å². The van der Waals surface area contributed by atoms with Crippen molar-refractivity contribution in [2.45, 2.75) is 13.8 Å². The van der Waals surface area contributed by atoms with Gasteiger partial charge < -0.3 is 11.1 Å². The Hall–Kier alpha value is -1.91. The molecule has 0 aromatic carbocycles. The molecule has 0 bridgehead atoms. The highest BCUT2D eigenvalue weighted by Crippen LogP contribution is 2.22. The normalized spacial score (nSPS) is 10.6. The number of anilines is 2. The zero-order valence-electron chi connectivity index (χ0n) is 9.00. The SMILES string of the molecule is CNc1nc(N)c2c(C)cc(C)nc2n1. The molecule has 78 valence electrons. The fourth-order valence-electron chi connectivity index (χ4n) is 1.62. The van der Waals surface area contributed by atoms with Gasteiger partial charge in [0.05, 0.1) is 5.39 Å². The Balaban J connectivity index is 2.85. The van der Waals surface area contributed by atoms with E-state index in [9.17, 15) is 0 Å². The monoisotopic (exact) mass is 203 g/mol. The summed E-state index contributed by atoms with van der Waals surface area (Å²) in [5, 5.41) is 3.69. The van der Waals surface area contributed by atoms with Crippen LogP contribution in [-0.4, -0.2) is 22.0 Å². The van der Waals surface area contributed by atoms with Crippen molar-refractivity contribution in [2.24, 2.45) is 0 Å². The van der Waals surface area contributed by atoms with E-state index in [1.807, 2.05) is 19.9 Å². The zero-order valence-corrected chi connectivity index (χ0v) is 9.00. The Morgan fingerprint density at radius 2 is 1.93 bits per heavy atom. The average molecular weight is 203 g/mol. The van der Waals surface area contributed by atoms with Crippen molar-refractivity contribution in [1.29, 1.82) is 0 Å². The maximum absolute atomic E-state index is 5.85. The van der Waals surface area contributed by atoms with Gasteiger partial charge in [0.15, 0.2) is 5.65 Å². The van der Waals surface area contributed by atoms with Gasteiger partial charge in [0.2, 0.25) is 5.95 Å². The highest BCUT2D eigenvalue weighted by molar-refractivity contribution is 5.89. The minimum absolute atomic E-state index is 0.467. The van der Waals surface area contributed by atoms with Crippen LogP contribution >= 0.6 is 0 Å². The zero-order chi connectivity index (χ0) is 11.0. The van der Waals surface area contributed by atoms with Gasteiger partial charge in [-0.3, -0.25) is 0 Å². The van der Waals surface area contributed by atoms with Crippen molar-refractivity contribution in [2.75, 3.05) is 18.1 Å². The van der Waals surface area contributed by atoms with Crippen LogP contribution in [0.1, 0.15) is 11.3 Å². The first-order valence-electron chi connectivity index (χ1n) is 4.71. The first-order valence-corrected chi connectivity index (χ1v) is 4.71. The lowest BCUT2D eigenvalue weighted by atomic mass is 10.1. The van der Waals surface area contributed by atoms with Crippen molar-refractivity contribution in [3.63, 3.8) is 0 Å². The van der Waals surface area contributed by atoms with Crippen molar-refractivity contribution in [3.8, 4) is 0 Å². The summed E-state index contributed by atoms with van der Waals surface area (Å²) >= 11 is 0. The molecule has 0 saturated heterocycles. The third-order valence-electron chi connectivity index (χ3n) is 2.24. The van der Waals surface area contributed by atoms with Crippen LogP contribution in [0.4, 0.5) is 11.8 Å². The number of nitrogens with zero attached hydrogens (tertiary/aromatic N) is 3. The van der Waals surface area contributed by atoms with Crippen LogP contribution < -0.4 is 11.1 Å². The summed E-state index contributed by atoms with van der Waals surface area (Å²) in [5.41, 5.74) is 8.48. The van der Waals surface area contributed by atoms with Crippen molar-refractivity contribution in [1.82, 2.24) is 15.0 Å². The summed E-state index contributed by atoms with van der Waals surface area (Å²) in [4.78, 5) is 12.7. The molecule has 0 unspecified atom stereocenters. The second kappa shape index (κ2) is 3.34. The minimum atomic E-state index is 0.467. The maximum atomic E-state index is 5.85. The fraction of sp³-hybridized carbons (Fsp3) is 0.300. The van der Waals surface area contributed by atoms with E-state index < -0.39 is 0 Å². The summed E-state index contributed by atoms with van der Waals surface area (Å²) in [6.45, 7) is 3.92. The van der Waals surface area contributed by atoms with E-state index in [1.54, 1.807) is 7.05 Å². The van der Waals surface area contributed by atoms with Crippen LogP contribution in [0.15, 0.2) is 6.07 Å². The number of nitrogens with one attached hydrogen (secondary N) is 1. The Morgan fingerprint density at radius 3 is 2.60 bits per heavy atom. The number of aromatic nitrogens is 3. The van der Waals surface area contributed by atoms with E-state index in [0.29, 0.717) is 17.4 Å². The number of nitrogens with two attached hydrogens (primary N) is 1. The standard InChI is InChI=1S/C10H13N5/c1-5-4-6(2)13-9-7(5)8(11)14-10(12-3)15-9/h4H,1-3H3,(H3,11,12,13,14,15). The van der Waals surface area contributed by atoms with Gasteiger partial charge in [-0.05, 0) is 25.5 Å². The molecule has 0 aliphatic heterocycles. The van der Waals surface area contributed by atoms with Gasteiger partial charge in [-0.1, -0.05) is 0 Å². The number of pyridine rings is 1. The van der Waals surface area contributed by atoms with Gasteiger partial charge in [-0.25, -0.2) is 4.98 Å². The molecular formula is C10H13N5. The molecule has 2 aromatic rings. The summed E-state index contributed by atoms with van der Waals surface area (Å²) < 4.78 is 0. The fourth-order valence-corrected chi connectivity index (χ4v) is 1.62. The van der Waals surface area contributed by atoms with E-state index in [2.05, 4.69) is 20.3 Å². The van der Waals surface area contributed by atoms with Gasteiger partial charge in [-0.2, -0.15) is 9.97 Å². The lowest BCUT2D eigenvalue weighted by molar-refractivity contribution is 1.13. The van der Waals surface area contributed by atoms with E-state index in [0.717, 1.165) is 16.6 Å². The first-order chi connectivity index (χ1) is 7.11. The van der Waals surface area contributed by atoms with Crippen molar-refractivity contribution < 1.29 is 0 Å². The van der Waals surface area contributed by atoms with Crippen LogP contribution in [0.5, 0.6) is 0 Å². The molecule has 0 amide bonds. The van der Waals surface area contributed by atoms with E-state index in [-0.39, 0.29) is 0 Å². The van der Waals surface area contributed by atoms with Crippen LogP contribution in [0, 0.1) is 13.8 Å². The number of hydrogen-bond acceptors (Lipinski definition) is 5. The lowest BCUT2D eigenvalue weighted by Crippen LogP contribution is -2.03. The largest absolute Gasteiger partial charge is 0.383 e. The molecule has 2 aromatic heterocycles. The molecule has 5 nitrogen and oxygen atoms in total. The molecule has 2 rings (SSSR count). The van der Waals surface area contributed by atoms with Crippen LogP contribution in [-0.2, 0) is 0 Å². The molecule has 0 aliphatic carbocycles. The second-order valence-electron chi connectivity index (χ2n) is 3.46. The molecule has 2 heterocycles. The Labute approximate surface area is 87.8 Å². The van der Waals surface area contributed by atoms with Crippen molar-refractivity contribution in [3.05, 3.63) is 17.3 Å². The molecule has 0 radical (unpaired) electrons. The van der Waals surface area contributed by atoms with Crippen LogP contribution in [0.2, 0.25) is 0 Å². The number of rotatable bonds is 1. The topological polar surface area (TPSA) is 76.7 Å². The Kier molecular flexibility index (Phi) is 2.15. The molecule has 0 spiro atoms. The van der Waals surface area contributed by atoms with Crippen LogP contribution in [0.25, 0.3) is 11.0 Å². The summed E-state index contributed by atoms with van der Waals surface area (Å²) in [6, 6.07) is 1.97. The first kappa shape index (κ1) is 9.64. The summed E-state index contributed by atoms with van der Waals surface area (Å²) in [5.74, 6) is 0.965. The van der Waals surface area contributed by atoms with Gasteiger partial charge in [0, 0.05) is 12.7 Å². The van der Waals surface area contributed by atoms with Crippen molar-refractivity contribution >= 4 is 22.8 Å². The van der Waals surface area contributed by atoms with E-state index in [4.69, 9.17) is 5.73 Å². The lowest BCUT2D eigenvalue weighted by Gasteiger charge is -2.07. The molecule has 0 fully saturated rings. The summed E-state index contributed by atoms with van der Waals surface area (Å²) in [7, 11) is 1.75. The molecule has 0 saturated carbocycles. The summed E-state index contributed by atoms with van der Waals surface area (Å²) in [6.07, 6.45) is 0. The highest BCUT2D eigenvalue weighted by atomic mass is 15.1. The molecule has 3 N–H and O–H groups in total. The predicted octanol–water partition coefficient (Wildman–Crippen LogP) is 1.27. The smallest absolute Gasteiger partial charge is 0.226 e. The predicted molar refractivity (Wildman–Crippen MR) is 60.8 cm³/mol. The Morgan fingerprint density at radius 1 is 1.20 bits per heavy atom. The third-order valence-corrected chi connectivity index (χ3v) is 2.24. The van der Waals surface area contributed by atoms with Gasteiger partial charge in [-0.15, -0.1) is 0 Å². The number of hydrogen-bond donors (Lipinski definition) is 2. The number of fused-ring (bicyclic) bond motifs is 1. The highest BCUT2D eigenvalue weighted by Gasteiger charge is 2.08. The Bertz CT molecular complexity index is 521. The average Bonchev–Trinajstić information content (AvgIpc) is 2.15. The number of nitrogen functional groups attached to an aromatic ring is 1. The van der Waals surface area contributed by atoms with Crippen LogP contribution in [0.3, 0.4) is 0 Å². The maximum Gasteiger partial charge on any atom is 0.226 e. The van der Waals surface area contributed by atoms with E-state index >= 15 is 0 Å². The van der Waals surface area contributed by atoms with Gasteiger partial charge >= 0.3 is 0 Å². The van der Waals surface area contributed by atoms with Gasteiger partial charge in [0.1, 0.15) is 5.82 Å². The minimum Gasteiger partial charge on any atom is -0.383 e. The quantitative estimate of drug-likeness (QED) is 0.729. The molecule has 0 atom stereocenters. The molecule has 0 aliphatic rings. The third kappa shape index (κ3) is 1.56. The van der Waals surface area contributed by atoms with E-state index in [1.165, 1.54) is 0 Å². The second-order valence-corrected chi connectivity index (χ2v) is 3.46. The number of aryl methyl sites for hydroxylation is 2. The molecule has 5 heteroatoms. The molecular weight excluding hydrogens is 190 g/mol. The molecule has 15 heavy (non-hydrogen) atoms.